The number of hydrogen-bond acceptors (Lipinski definition) is 3. The summed E-state index contributed by atoms with van der Waals surface area (Å²) in [7, 11) is 0. The Kier molecular flexibility index (Phi) is 4.64. The average molecular weight is 352 g/mol. The first kappa shape index (κ1) is 17.4. The van der Waals surface area contributed by atoms with Crippen LogP contribution in [0.4, 0.5) is 0 Å². The smallest absolute Gasteiger partial charge is 0.333 e. The first-order valence-corrected chi connectivity index (χ1v) is 9.87. The number of phenolic OH excluding ortho intramolecular Hbond substituents is 1. The van der Waals surface area contributed by atoms with Crippen molar-refractivity contribution in [3.63, 3.8) is 0 Å². The third-order valence-corrected chi connectivity index (χ3v) is 6.38. The predicted octanol–water partition coefficient (Wildman–Crippen LogP) is 5.25. The molecule has 1 aromatic rings. The van der Waals surface area contributed by atoms with E-state index in [9.17, 15) is 9.90 Å². The number of allylic oxidation sites excluding steroid dienone is 2. The molecule has 4 aliphatic rings. The number of benzene rings is 1. The Morgan fingerprint density at radius 1 is 1.12 bits per heavy atom. The molecule has 4 aliphatic carbocycles. The maximum atomic E-state index is 12.6. The van der Waals surface area contributed by atoms with Crippen LogP contribution in [0.5, 0.6) is 5.75 Å². The Morgan fingerprint density at radius 3 is 2.27 bits per heavy atom. The second-order valence-corrected chi connectivity index (χ2v) is 8.61. The molecule has 0 amide bonds. The predicted molar refractivity (Wildman–Crippen MR) is 103 cm³/mol. The lowest BCUT2D eigenvalue weighted by Gasteiger charge is -2.55. The van der Waals surface area contributed by atoms with Gasteiger partial charge in [-0.05, 0) is 87.3 Å². The quantitative estimate of drug-likeness (QED) is 0.581. The first-order chi connectivity index (χ1) is 12.5. The van der Waals surface area contributed by atoms with Crippen molar-refractivity contribution in [3.8, 4) is 5.75 Å². The molecule has 26 heavy (non-hydrogen) atoms. The molecule has 4 bridgehead atoms. The second-order valence-electron chi connectivity index (χ2n) is 8.61. The van der Waals surface area contributed by atoms with E-state index in [0.29, 0.717) is 12.0 Å². The third-order valence-electron chi connectivity index (χ3n) is 6.38. The van der Waals surface area contributed by atoms with E-state index in [1.54, 1.807) is 12.1 Å². The topological polar surface area (TPSA) is 46.5 Å². The number of hydrogen-bond donors (Lipinski definition) is 1. The Morgan fingerprint density at radius 2 is 1.69 bits per heavy atom. The van der Waals surface area contributed by atoms with Crippen molar-refractivity contribution in [1.82, 2.24) is 0 Å². The van der Waals surface area contributed by atoms with Crippen LogP contribution in [0, 0.1) is 17.8 Å². The lowest BCUT2D eigenvalue weighted by Crippen LogP contribution is -2.52. The standard InChI is InChI=1S/C23H28O3/c1-16(4-2-3-5-17-6-8-21(24)9-7-17)22(25)26-23-13-18-10-19(14-23)12-20(11-18)15-23/h3-9,18-20,24H,2,10-15H2,1H3. The highest BCUT2D eigenvalue weighted by Gasteiger charge is 2.53. The lowest BCUT2D eigenvalue weighted by atomic mass is 9.54. The number of phenols is 1. The summed E-state index contributed by atoms with van der Waals surface area (Å²) in [6, 6.07) is 7.07. The van der Waals surface area contributed by atoms with Gasteiger partial charge >= 0.3 is 5.97 Å². The molecule has 1 N–H and O–H groups in total. The van der Waals surface area contributed by atoms with Gasteiger partial charge in [0.1, 0.15) is 11.4 Å². The van der Waals surface area contributed by atoms with E-state index < -0.39 is 0 Å². The first-order valence-electron chi connectivity index (χ1n) is 9.87. The SMILES string of the molecule is CC(=CCC=Cc1ccc(O)cc1)C(=O)OC12CC3CC(CC(C3)C1)C2. The average Bonchev–Trinajstić information content (AvgIpc) is 2.58. The van der Waals surface area contributed by atoms with Gasteiger partial charge in [-0.1, -0.05) is 30.4 Å². The zero-order valence-corrected chi connectivity index (χ0v) is 15.5. The van der Waals surface area contributed by atoms with Gasteiger partial charge in [-0.3, -0.25) is 0 Å². The summed E-state index contributed by atoms with van der Waals surface area (Å²) in [6.45, 7) is 1.86. The molecule has 5 rings (SSSR count). The van der Waals surface area contributed by atoms with Gasteiger partial charge in [0.2, 0.25) is 0 Å². The van der Waals surface area contributed by atoms with Gasteiger partial charge in [0.15, 0.2) is 0 Å². The number of aromatic hydroxyl groups is 1. The minimum absolute atomic E-state index is 0.134. The zero-order chi connectivity index (χ0) is 18.1. The van der Waals surface area contributed by atoms with E-state index >= 15 is 0 Å². The second kappa shape index (κ2) is 6.94. The molecular formula is C23H28O3. The van der Waals surface area contributed by atoms with Crippen molar-refractivity contribution >= 4 is 12.0 Å². The van der Waals surface area contributed by atoms with E-state index in [0.717, 1.165) is 42.6 Å². The van der Waals surface area contributed by atoms with Crippen molar-refractivity contribution in [3.05, 3.63) is 47.6 Å². The van der Waals surface area contributed by atoms with Crippen molar-refractivity contribution in [2.75, 3.05) is 0 Å². The van der Waals surface area contributed by atoms with Gasteiger partial charge in [-0.25, -0.2) is 4.79 Å². The number of carbonyl (C=O) groups is 1. The molecule has 0 atom stereocenters. The highest BCUT2D eigenvalue weighted by molar-refractivity contribution is 5.88. The third kappa shape index (κ3) is 3.72. The summed E-state index contributed by atoms with van der Waals surface area (Å²) in [6.07, 6.45) is 14.0. The van der Waals surface area contributed by atoms with Crippen LogP contribution in [-0.2, 0) is 9.53 Å². The van der Waals surface area contributed by atoms with Crippen LogP contribution in [0.3, 0.4) is 0 Å². The Hall–Kier alpha value is -2.03. The number of carbonyl (C=O) groups excluding carboxylic acids is 1. The van der Waals surface area contributed by atoms with Gasteiger partial charge in [0, 0.05) is 5.57 Å². The minimum atomic E-state index is -0.164. The molecule has 0 heterocycles. The lowest BCUT2D eigenvalue weighted by molar-refractivity contribution is -0.182. The van der Waals surface area contributed by atoms with Crippen LogP contribution in [0.1, 0.15) is 57.4 Å². The van der Waals surface area contributed by atoms with E-state index in [4.69, 9.17) is 4.74 Å². The van der Waals surface area contributed by atoms with E-state index in [2.05, 4.69) is 0 Å². The fourth-order valence-electron chi connectivity index (χ4n) is 5.55. The molecule has 1 aromatic carbocycles. The molecule has 3 heteroatoms. The van der Waals surface area contributed by atoms with Crippen molar-refractivity contribution in [2.45, 2.75) is 57.5 Å². The molecule has 4 saturated carbocycles. The molecule has 4 fully saturated rings. The number of esters is 1. The molecule has 0 radical (unpaired) electrons. The molecule has 3 nitrogen and oxygen atoms in total. The van der Waals surface area contributed by atoms with E-state index in [-0.39, 0.29) is 17.3 Å². The Balaban J connectivity index is 1.33. The van der Waals surface area contributed by atoms with Crippen LogP contribution in [-0.4, -0.2) is 16.7 Å². The van der Waals surface area contributed by atoms with Gasteiger partial charge in [0.05, 0.1) is 0 Å². The Labute approximate surface area is 155 Å². The van der Waals surface area contributed by atoms with Crippen molar-refractivity contribution in [1.29, 1.82) is 0 Å². The molecule has 0 saturated heterocycles. The fourth-order valence-corrected chi connectivity index (χ4v) is 5.55. The van der Waals surface area contributed by atoms with Gasteiger partial charge in [0.25, 0.3) is 0 Å². The molecule has 0 aliphatic heterocycles. The van der Waals surface area contributed by atoms with Gasteiger partial charge in [-0.2, -0.15) is 0 Å². The summed E-state index contributed by atoms with van der Waals surface area (Å²) >= 11 is 0. The summed E-state index contributed by atoms with van der Waals surface area (Å²) < 4.78 is 6.08. The zero-order valence-electron chi connectivity index (χ0n) is 15.5. The summed E-state index contributed by atoms with van der Waals surface area (Å²) in [5.74, 6) is 2.49. The molecular weight excluding hydrogens is 324 g/mol. The van der Waals surface area contributed by atoms with Crippen LogP contribution in [0.25, 0.3) is 6.08 Å². The highest BCUT2D eigenvalue weighted by Crippen LogP contribution is 2.57. The van der Waals surface area contributed by atoms with Crippen LogP contribution in [0.2, 0.25) is 0 Å². The van der Waals surface area contributed by atoms with Gasteiger partial charge < -0.3 is 9.84 Å². The van der Waals surface area contributed by atoms with E-state index in [1.165, 1.54) is 19.3 Å². The van der Waals surface area contributed by atoms with Crippen LogP contribution >= 0.6 is 0 Å². The highest BCUT2D eigenvalue weighted by atomic mass is 16.6. The van der Waals surface area contributed by atoms with Crippen molar-refractivity contribution in [2.24, 2.45) is 17.8 Å². The Bertz CT molecular complexity index is 691. The molecule has 0 spiro atoms. The maximum absolute atomic E-state index is 12.6. The fraction of sp³-hybridized carbons (Fsp3) is 0.522. The number of rotatable bonds is 5. The molecule has 138 valence electrons. The van der Waals surface area contributed by atoms with Crippen LogP contribution in [0.15, 0.2) is 42.0 Å². The van der Waals surface area contributed by atoms with Crippen molar-refractivity contribution < 1.29 is 14.6 Å². The van der Waals surface area contributed by atoms with E-state index in [1.807, 2.05) is 37.3 Å². The molecule has 0 unspecified atom stereocenters. The summed E-state index contributed by atoms with van der Waals surface area (Å²) in [4.78, 5) is 12.6. The van der Waals surface area contributed by atoms with Gasteiger partial charge in [-0.15, -0.1) is 0 Å². The largest absolute Gasteiger partial charge is 0.508 e. The summed E-state index contributed by atoms with van der Waals surface area (Å²) in [5, 5.41) is 9.29. The summed E-state index contributed by atoms with van der Waals surface area (Å²) in [5.41, 5.74) is 1.57. The number of ether oxygens (including phenoxy) is 1. The minimum Gasteiger partial charge on any atom is -0.508 e. The molecule has 0 aromatic heterocycles. The van der Waals surface area contributed by atoms with Crippen LogP contribution < -0.4 is 0 Å². The monoisotopic (exact) mass is 352 g/mol. The maximum Gasteiger partial charge on any atom is 0.333 e. The normalized spacial score (nSPS) is 33.0.